The number of hydrogen-bond acceptors (Lipinski definition) is 3. The van der Waals surface area contributed by atoms with E-state index in [9.17, 15) is 4.79 Å². The van der Waals surface area contributed by atoms with E-state index in [0.717, 1.165) is 17.9 Å². The maximum Gasteiger partial charge on any atom is 0.222 e. The molecule has 0 bridgehead atoms. The van der Waals surface area contributed by atoms with Crippen LogP contribution in [0, 0.1) is 0 Å². The minimum atomic E-state index is 0.144. The van der Waals surface area contributed by atoms with Crippen LogP contribution in [0.2, 0.25) is 0 Å². The van der Waals surface area contributed by atoms with Gasteiger partial charge in [-0.25, -0.2) is 0 Å². The lowest BCUT2D eigenvalue weighted by Gasteiger charge is -2.19. The molecule has 0 aliphatic carbocycles. The highest BCUT2D eigenvalue weighted by Gasteiger charge is 2.13. The number of benzene rings is 1. The van der Waals surface area contributed by atoms with Crippen molar-refractivity contribution in [1.29, 1.82) is 0 Å². The Labute approximate surface area is 157 Å². The number of pyridine rings is 1. The summed E-state index contributed by atoms with van der Waals surface area (Å²) in [7, 11) is 1.84. The predicted octanol–water partition coefficient (Wildman–Crippen LogP) is 4.24. The van der Waals surface area contributed by atoms with Gasteiger partial charge in [-0.3, -0.25) is 9.78 Å². The van der Waals surface area contributed by atoms with Crippen molar-refractivity contribution in [2.24, 2.45) is 0 Å². The van der Waals surface area contributed by atoms with Crippen LogP contribution in [0.4, 0.5) is 0 Å². The normalized spacial score (nSPS) is 11.2. The average molecular weight is 354 g/mol. The molecule has 1 aromatic carbocycles. The number of carbonyl (C=O) groups excluding carboxylic acids is 1. The maximum absolute atomic E-state index is 12.2. The smallest absolute Gasteiger partial charge is 0.222 e. The molecule has 2 rings (SSSR count). The van der Waals surface area contributed by atoms with Gasteiger partial charge in [0.15, 0.2) is 0 Å². The topological polar surface area (TPSA) is 42.4 Å². The number of amides is 1. The minimum Gasteiger partial charge on any atom is -0.494 e. The summed E-state index contributed by atoms with van der Waals surface area (Å²) in [6.45, 7) is 7.82. The molecule has 0 radical (unpaired) electrons. The van der Waals surface area contributed by atoms with Gasteiger partial charge in [0.25, 0.3) is 0 Å². The molecule has 0 fully saturated rings. The van der Waals surface area contributed by atoms with E-state index in [1.165, 1.54) is 5.56 Å². The maximum atomic E-state index is 12.2. The van der Waals surface area contributed by atoms with Crippen molar-refractivity contribution in [2.75, 3.05) is 20.2 Å². The fourth-order valence-corrected chi connectivity index (χ4v) is 2.61. The van der Waals surface area contributed by atoms with E-state index < -0.39 is 0 Å². The number of ether oxygens (including phenoxy) is 1. The SMILES string of the molecule is CN(CCc1ccccn1)C(=O)CCCOc1ccc(C(C)(C)C)cc1. The Hall–Kier alpha value is -2.36. The lowest BCUT2D eigenvalue weighted by molar-refractivity contribution is -0.130. The Morgan fingerprint density at radius 2 is 1.85 bits per heavy atom. The van der Waals surface area contributed by atoms with Crippen LogP contribution in [0.3, 0.4) is 0 Å². The lowest BCUT2D eigenvalue weighted by atomic mass is 9.87. The molecular formula is C22H30N2O2. The molecule has 0 unspecified atom stereocenters. The molecule has 0 aliphatic rings. The van der Waals surface area contributed by atoms with Crippen LogP contribution in [-0.4, -0.2) is 36.0 Å². The summed E-state index contributed by atoms with van der Waals surface area (Å²) in [5.41, 5.74) is 2.44. The summed E-state index contributed by atoms with van der Waals surface area (Å²) in [6.07, 6.45) is 3.77. The third-order valence-electron chi connectivity index (χ3n) is 4.38. The van der Waals surface area contributed by atoms with Gasteiger partial charge in [-0.05, 0) is 41.7 Å². The molecule has 4 nitrogen and oxygen atoms in total. The first-order valence-corrected chi connectivity index (χ1v) is 9.23. The van der Waals surface area contributed by atoms with Crippen molar-refractivity contribution in [2.45, 2.75) is 45.4 Å². The highest BCUT2D eigenvalue weighted by Crippen LogP contribution is 2.24. The van der Waals surface area contributed by atoms with E-state index in [4.69, 9.17) is 4.74 Å². The van der Waals surface area contributed by atoms with Crippen LogP contribution >= 0.6 is 0 Å². The number of hydrogen-bond donors (Lipinski definition) is 0. The Balaban J connectivity index is 1.66. The Bertz CT molecular complexity index is 676. The zero-order chi connectivity index (χ0) is 19.0. The summed E-state index contributed by atoms with van der Waals surface area (Å²) < 4.78 is 5.75. The quantitative estimate of drug-likeness (QED) is 0.666. The second-order valence-electron chi connectivity index (χ2n) is 7.61. The second kappa shape index (κ2) is 9.37. The van der Waals surface area contributed by atoms with Crippen molar-refractivity contribution >= 4 is 5.91 Å². The van der Waals surface area contributed by atoms with Crippen LogP contribution in [0.15, 0.2) is 48.7 Å². The first-order valence-electron chi connectivity index (χ1n) is 9.23. The Morgan fingerprint density at radius 3 is 2.46 bits per heavy atom. The number of carbonyl (C=O) groups is 1. The van der Waals surface area contributed by atoms with Crippen LogP contribution in [0.5, 0.6) is 5.75 Å². The number of nitrogens with zero attached hydrogens (tertiary/aromatic N) is 2. The van der Waals surface area contributed by atoms with E-state index in [0.29, 0.717) is 26.0 Å². The molecule has 0 saturated heterocycles. The molecule has 26 heavy (non-hydrogen) atoms. The van der Waals surface area contributed by atoms with Gasteiger partial charge in [-0.2, -0.15) is 0 Å². The summed E-state index contributed by atoms with van der Waals surface area (Å²) in [5.74, 6) is 1.00. The van der Waals surface area contributed by atoms with E-state index in [2.05, 4.69) is 37.9 Å². The van der Waals surface area contributed by atoms with Gasteiger partial charge in [0.2, 0.25) is 5.91 Å². The zero-order valence-corrected chi connectivity index (χ0v) is 16.4. The highest BCUT2D eigenvalue weighted by atomic mass is 16.5. The van der Waals surface area contributed by atoms with Gasteiger partial charge < -0.3 is 9.64 Å². The number of rotatable bonds is 8. The molecule has 0 spiro atoms. The van der Waals surface area contributed by atoms with Gasteiger partial charge in [-0.15, -0.1) is 0 Å². The Kier molecular flexibility index (Phi) is 7.19. The van der Waals surface area contributed by atoms with E-state index in [1.54, 1.807) is 11.1 Å². The summed E-state index contributed by atoms with van der Waals surface area (Å²) in [6, 6.07) is 14.1. The van der Waals surface area contributed by atoms with Crippen LogP contribution in [0.25, 0.3) is 0 Å². The summed E-state index contributed by atoms with van der Waals surface area (Å²) in [5, 5.41) is 0. The van der Waals surface area contributed by atoms with Gasteiger partial charge in [-0.1, -0.05) is 39.0 Å². The summed E-state index contributed by atoms with van der Waals surface area (Å²) in [4.78, 5) is 18.2. The van der Waals surface area contributed by atoms with Crippen LogP contribution in [-0.2, 0) is 16.6 Å². The largest absolute Gasteiger partial charge is 0.494 e. The van der Waals surface area contributed by atoms with Crippen molar-refractivity contribution in [3.05, 3.63) is 59.9 Å². The van der Waals surface area contributed by atoms with Crippen molar-refractivity contribution in [3.8, 4) is 5.75 Å². The predicted molar refractivity (Wildman–Crippen MR) is 105 cm³/mol. The molecule has 0 N–H and O–H groups in total. The third kappa shape index (κ3) is 6.51. The number of aromatic nitrogens is 1. The Morgan fingerprint density at radius 1 is 1.12 bits per heavy atom. The first-order chi connectivity index (χ1) is 12.4. The van der Waals surface area contributed by atoms with E-state index in [-0.39, 0.29) is 11.3 Å². The van der Waals surface area contributed by atoms with Gasteiger partial charge in [0.05, 0.1) is 6.61 Å². The van der Waals surface area contributed by atoms with Gasteiger partial charge >= 0.3 is 0 Å². The lowest BCUT2D eigenvalue weighted by Crippen LogP contribution is -2.29. The van der Waals surface area contributed by atoms with Crippen LogP contribution in [0.1, 0.15) is 44.9 Å². The molecule has 1 heterocycles. The van der Waals surface area contributed by atoms with Gasteiger partial charge in [0, 0.05) is 38.3 Å². The average Bonchev–Trinajstić information content (AvgIpc) is 2.63. The second-order valence-corrected chi connectivity index (χ2v) is 7.61. The molecule has 2 aromatic rings. The molecule has 140 valence electrons. The fourth-order valence-electron chi connectivity index (χ4n) is 2.61. The van der Waals surface area contributed by atoms with Crippen LogP contribution < -0.4 is 4.74 Å². The molecule has 0 atom stereocenters. The van der Waals surface area contributed by atoms with Crippen molar-refractivity contribution < 1.29 is 9.53 Å². The molecule has 1 amide bonds. The standard InChI is InChI=1S/C22H30N2O2/c1-22(2,3)18-10-12-20(13-11-18)26-17-7-9-21(25)24(4)16-14-19-8-5-6-15-23-19/h5-6,8,10-13,15H,7,9,14,16-17H2,1-4H3. The van der Waals surface area contributed by atoms with E-state index in [1.807, 2.05) is 37.4 Å². The highest BCUT2D eigenvalue weighted by molar-refractivity contribution is 5.75. The monoisotopic (exact) mass is 354 g/mol. The zero-order valence-electron chi connectivity index (χ0n) is 16.4. The summed E-state index contributed by atoms with van der Waals surface area (Å²) >= 11 is 0. The minimum absolute atomic E-state index is 0.144. The first kappa shape index (κ1) is 20.0. The molecule has 0 saturated carbocycles. The molecule has 0 aliphatic heterocycles. The number of likely N-dealkylation sites (N-methyl/N-ethyl adjacent to an activating group) is 1. The third-order valence-corrected chi connectivity index (χ3v) is 4.38. The van der Waals surface area contributed by atoms with Crippen molar-refractivity contribution in [3.63, 3.8) is 0 Å². The van der Waals surface area contributed by atoms with E-state index >= 15 is 0 Å². The van der Waals surface area contributed by atoms with Gasteiger partial charge in [0.1, 0.15) is 5.75 Å². The molecule has 4 heteroatoms. The molecular weight excluding hydrogens is 324 g/mol. The van der Waals surface area contributed by atoms with Crippen molar-refractivity contribution in [1.82, 2.24) is 9.88 Å². The fraction of sp³-hybridized carbons (Fsp3) is 0.455. The molecule has 1 aromatic heterocycles.